The lowest BCUT2D eigenvalue weighted by molar-refractivity contribution is 0.102. The van der Waals surface area contributed by atoms with Crippen LogP contribution in [-0.4, -0.2) is 63.5 Å². The average molecular weight is 459 g/mol. The van der Waals surface area contributed by atoms with Gasteiger partial charge in [-0.15, -0.1) is 29.9 Å². The van der Waals surface area contributed by atoms with Gasteiger partial charge in [0.15, 0.2) is 5.69 Å². The van der Waals surface area contributed by atoms with Crippen molar-refractivity contribution in [2.24, 2.45) is 0 Å². The monoisotopic (exact) mass is 458 g/mol. The zero-order valence-electron chi connectivity index (χ0n) is 16.2. The van der Waals surface area contributed by atoms with Crippen molar-refractivity contribution < 1.29 is 4.79 Å². The first kappa shape index (κ1) is 24.0. The predicted molar refractivity (Wildman–Crippen MR) is 123 cm³/mol. The largest absolute Gasteiger partial charge is 0.321 e. The molecule has 0 atom stereocenters. The van der Waals surface area contributed by atoms with Gasteiger partial charge in [-0.2, -0.15) is 11.8 Å². The molecule has 0 spiro atoms. The summed E-state index contributed by atoms with van der Waals surface area (Å²) in [5, 5.41) is 14.5. The van der Waals surface area contributed by atoms with E-state index in [9.17, 15) is 4.79 Å². The minimum atomic E-state index is -0.207. The number of aromatic nitrogens is 3. The van der Waals surface area contributed by atoms with Gasteiger partial charge in [-0.1, -0.05) is 17.3 Å². The second-order valence-corrected chi connectivity index (χ2v) is 8.33. The molecular formula is C19H28Cl2N6OS. The van der Waals surface area contributed by atoms with E-state index < -0.39 is 0 Å². The molecule has 7 nitrogen and oxygen atoms in total. The summed E-state index contributed by atoms with van der Waals surface area (Å²) in [4.78, 5) is 15.0. The topological polar surface area (TPSA) is 75.1 Å². The molecule has 0 unspecified atom stereocenters. The Bertz CT molecular complexity index is 778. The quantitative estimate of drug-likeness (QED) is 0.717. The Morgan fingerprint density at radius 2 is 1.97 bits per heavy atom. The molecule has 160 valence electrons. The summed E-state index contributed by atoms with van der Waals surface area (Å²) in [6.45, 7) is 5.14. The Balaban J connectivity index is 0.00000150. The average Bonchev–Trinajstić information content (AvgIpc) is 3.20. The summed E-state index contributed by atoms with van der Waals surface area (Å²) in [7, 11) is 0. The van der Waals surface area contributed by atoms with Gasteiger partial charge >= 0.3 is 0 Å². The van der Waals surface area contributed by atoms with Crippen LogP contribution in [0.5, 0.6) is 0 Å². The third-order valence-corrected chi connectivity index (χ3v) is 6.06. The molecule has 2 aromatic rings. The van der Waals surface area contributed by atoms with E-state index in [1.54, 1.807) is 6.20 Å². The summed E-state index contributed by atoms with van der Waals surface area (Å²) < 4.78 is 1.83. The van der Waals surface area contributed by atoms with Crippen LogP contribution >= 0.6 is 36.6 Å². The van der Waals surface area contributed by atoms with Crippen LogP contribution in [0.1, 0.15) is 34.9 Å². The van der Waals surface area contributed by atoms with Gasteiger partial charge < -0.3 is 10.6 Å². The van der Waals surface area contributed by atoms with E-state index >= 15 is 0 Å². The van der Waals surface area contributed by atoms with Gasteiger partial charge in [-0.25, -0.2) is 4.68 Å². The number of anilines is 1. The molecule has 10 heteroatoms. The van der Waals surface area contributed by atoms with Crippen molar-refractivity contribution in [1.29, 1.82) is 0 Å². The number of amides is 1. The van der Waals surface area contributed by atoms with Gasteiger partial charge in [0.05, 0.1) is 12.2 Å². The second-order valence-electron chi connectivity index (χ2n) is 7.11. The molecule has 2 N–H and O–H groups in total. The van der Waals surface area contributed by atoms with Crippen molar-refractivity contribution in [2.45, 2.75) is 25.4 Å². The van der Waals surface area contributed by atoms with E-state index in [0.717, 1.165) is 51.3 Å². The Morgan fingerprint density at radius 3 is 2.72 bits per heavy atom. The zero-order chi connectivity index (χ0) is 18.5. The molecular weight excluding hydrogens is 431 g/mol. The van der Waals surface area contributed by atoms with Crippen LogP contribution in [0.4, 0.5) is 5.69 Å². The van der Waals surface area contributed by atoms with Crippen LogP contribution in [0, 0.1) is 0 Å². The van der Waals surface area contributed by atoms with Crippen LogP contribution in [-0.2, 0) is 6.54 Å². The number of hydrogen-bond acceptors (Lipinski definition) is 6. The molecule has 1 amide bonds. The van der Waals surface area contributed by atoms with Crippen LogP contribution in [0.3, 0.4) is 0 Å². The van der Waals surface area contributed by atoms with Crippen molar-refractivity contribution in [3.63, 3.8) is 0 Å². The van der Waals surface area contributed by atoms with Crippen molar-refractivity contribution in [1.82, 2.24) is 25.2 Å². The molecule has 2 aliphatic rings. The number of nitrogens with zero attached hydrogens (tertiary/aromatic N) is 4. The number of nitrogens with one attached hydrogen (secondary N) is 2. The van der Waals surface area contributed by atoms with E-state index in [-0.39, 0.29) is 30.7 Å². The maximum absolute atomic E-state index is 12.6. The highest BCUT2D eigenvalue weighted by Gasteiger charge is 2.19. The van der Waals surface area contributed by atoms with Gasteiger partial charge in [-0.3, -0.25) is 9.69 Å². The fourth-order valence-electron chi connectivity index (χ4n) is 3.59. The molecule has 0 saturated carbocycles. The highest BCUT2D eigenvalue weighted by molar-refractivity contribution is 7.99. The van der Waals surface area contributed by atoms with Crippen LogP contribution in [0.2, 0.25) is 0 Å². The normalized spacial score (nSPS) is 17.8. The van der Waals surface area contributed by atoms with E-state index in [1.807, 2.05) is 28.6 Å². The summed E-state index contributed by atoms with van der Waals surface area (Å²) in [6, 6.07) is 8.41. The van der Waals surface area contributed by atoms with Gasteiger partial charge in [0.2, 0.25) is 0 Å². The lowest BCUT2D eigenvalue weighted by Gasteiger charge is -2.26. The SMILES string of the molecule is Cl.Cl.O=C(Nc1cccc(CN2CCSCC2)c1)c1cn(C2CCNCC2)nn1. The van der Waals surface area contributed by atoms with Gasteiger partial charge in [0, 0.05) is 36.8 Å². The minimum Gasteiger partial charge on any atom is -0.321 e. The molecule has 1 aromatic carbocycles. The first-order chi connectivity index (χ1) is 13.3. The molecule has 0 radical (unpaired) electrons. The summed E-state index contributed by atoms with van der Waals surface area (Å²) >= 11 is 2.01. The highest BCUT2D eigenvalue weighted by atomic mass is 35.5. The van der Waals surface area contributed by atoms with Crippen LogP contribution in [0.25, 0.3) is 0 Å². The van der Waals surface area contributed by atoms with E-state index in [1.165, 1.54) is 17.1 Å². The van der Waals surface area contributed by atoms with Crippen molar-refractivity contribution in [3.8, 4) is 0 Å². The smallest absolute Gasteiger partial charge is 0.277 e. The van der Waals surface area contributed by atoms with Crippen molar-refractivity contribution >= 4 is 48.2 Å². The molecule has 0 aliphatic carbocycles. The fourth-order valence-corrected chi connectivity index (χ4v) is 4.57. The number of benzene rings is 1. The summed E-state index contributed by atoms with van der Waals surface area (Å²) in [5.41, 5.74) is 2.39. The first-order valence-electron chi connectivity index (χ1n) is 9.61. The molecule has 2 aliphatic heterocycles. The van der Waals surface area contributed by atoms with Gasteiger partial charge in [0.1, 0.15) is 0 Å². The Labute approximate surface area is 188 Å². The molecule has 29 heavy (non-hydrogen) atoms. The predicted octanol–water partition coefficient (Wildman–Crippen LogP) is 2.85. The number of rotatable bonds is 5. The number of carbonyl (C=O) groups is 1. The van der Waals surface area contributed by atoms with Crippen molar-refractivity contribution in [3.05, 3.63) is 41.7 Å². The van der Waals surface area contributed by atoms with Gasteiger partial charge in [0.25, 0.3) is 5.91 Å². The third-order valence-electron chi connectivity index (χ3n) is 5.12. The highest BCUT2D eigenvalue weighted by Crippen LogP contribution is 2.19. The molecule has 2 fully saturated rings. The maximum atomic E-state index is 12.6. The Morgan fingerprint density at radius 1 is 1.21 bits per heavy atom. The third kappa shape index (κ3) is 6.58. The van der Waals surface area contributed by atoms with Crippen LogP contribution < -0.4 is 10.6 Å². The molecule has 2 saturated heterocycles. The fraction of sp³-hybridized carbons (Fsp3) is 0.526. The minimum absolute atomic E-state index is 0. The lowest BCUT2D eigenvalue weighted by atomic mass is 10.1. The van der Waals surface area contributed by atoms with Crippen molar-refractivity contribution in [2.75, 3.05) is 43.0 Å². The number of hydrogen-bond donors (Lipinski definition) is 2. The van der Waals surface area contributed by atoms with Crippen LogP contribution in [0.15, 0.2) is 30.5 Å². The second kappa shape index (κ2) is 11.8. The number of thioether (sulfide) groups is 1. The lowest BCUT2D eigenvalue weighted by Crippen LogP contribution is -2.31. The Kier molecular flexibility index (Phi) is 9.71. The molecule has 1 aromatic heterocycles. The number of halogens is 2. The number of piperidine rings is 1. The standard InChI is InChI=1S/C19H26N6OS.2ClH/c26-19(18-14-25(23-22-18)17-4-6-20-7-5-17)21-16-3-1-2-15(12-16)13-24-8-10-27-11-9-24;;/h1-3,12,14,17,20H,4-11,13H2,(H,21,26);2*1H. The summed E-state index contributed by atoms with van der Waals surface area (Å²) in [6.07, 6.45) is 3.80. The first-order valence-corrected chi connectivity index (χ1v) is 10.8. The Hall–Kier alpha value is -1.32. The molecule has 3 heterocycles. The zero-order valence-corrected chi connectivity index (χ0v) is 18.7. The summed E-state index contributed by atoms with van der Waals surface area (Å²) in [5.74, 6) is 2.19. The maximum Gasteiger partial charge on any atom is 0.277 e. The van der Waals surface area contributed by atoms with Gasteiger partial charge in [-0.05, 0) is 43.6 Å². The van der Waals surface area contributed by atoms with E-state index in [2.05, 4.69) is 38.0 Å². The van der Waals surface area contributed by atoms with E-state index in [4.69, 9.17) is 0 Å². The molecule has 0 bridgehead atoms. The molecule has 4 rings (SSSR count). The number of carbonyl (C=O) groups excluding carboxylic acids is 1. The van der Waals surface area contributed by atoms with E-state index in [0.29, 0.717) is 11.7 Å².